The summed E-state index contributed by atoms with van der Waals surface area (Å²) in [5, 5.41) is 16.9. The van der Waals surface area contributed by atoms with Crippen molar-refractivity contribution >= 4 is 11.7 Å². The second-order valence-electron chi connectivity index (χ2n) is 6.63. The van der Waals surface area contributed by atoms with Crippen LogP contribution in [0.15, 0.2) is 9.68 Å². The van der Waals surface area contributed by atoms with Crippen LogP contribution in [0.3, 0.4) is 0 Å². The molecule has 22 heavy (non-hydrogen) atoms. The Kier molecular flexibility index (Phi) is 5.21. The molecule has 0 saturated heterocycles. The zero-order valence-electron chi connectivity index (χ0n) is 13.5. The lowest BCUT2D eigenvalue weighted by Gasteiger charge is -2.28. The minimum atomic E-state index is -0.171. The molecule has 1 aromatic heterocycles. The first kappa shape index (κ1) is 16.5. The Morgan fingerprint density at radius 3 is 2.82 bits per heavy atom. The third-order valence-corrected chi connectivity index (χ3v) is 4.05. The van der Waals surface area contributed by atoms with Crippen LogP contribution in [0.2, 0.25) is 0 Å². The van der Waals surface area contributed by atoms with Gasteiger partial charge in [-0.3, -0.25) is 4.79 Å². The van der Waals surface area contributed by atoms with E-state index in [0.29, 0.717) is 18.6 Å². The highest BCUT2D eigenvalue weighted by molar-refractivity contribution is 6.03. The van der Waals surface area contributed by atoms with E-state index < -0.39 is 0 Å². The molecule has 122 valence electrons. The Morgan fingerprint density at radius 1 is 1.36 bits per heavy atom. The fourth-order valence-corrected chi connectivity index (χ4v) is 2.95. The van der Waals surface area contributed by atoms with Gasteiger partial charge in [-0.1, -0.05) is 30.6 Å². The number of esters is 1. The number of carbonyl (C=O) groups excluding carboxylic acids is 1. The van der Waals surface area contributed by atoms with E-state index in [-0.39, 0.29) is 11.4 Å². The molecule has 6 heteroatoms. The third-order valence-electron chi connectivity index (χ3n) is 4.05. The molecule has 1 aliphatic rings. The summed E-state index contributed by atoms with van der Waals surface area (Å²) >= 11 is 0. The summed E-state index contributed by atoms with van der Waals surface area (Å²) in [7, 11) is 1.40. The summed E-state index contributed by atoms with van der Waals surface area (Å²) < 4.78 is 10.1. The molecule has 0 saturated carbocycles. The molecule has 0 aromatic carbocycles. The topological polar surface area (TPSA) is 84.9 Å². The van der Waals surface area contributed by atoms with E-state index in [1.165, 1.54) is 7.11 Å². The van der Waals surface area contributed by atoms with Gasteiger partial charge in [-0.15, -0.1) is 0 Å². The number of nitrogens with zero attached hydrogens (tertiary/aromatic N) is 2. The maximum Gasteiger partial charge on any atom is 0.305 e. The zero-order valence-corrected chi connectivity index (χ0v) is 13.5. The van der Waals surface area contributed by atoms with Gasteiger partial charge in [0.15, 0.2) is 0 Å². The summed E-state index contributed by atoms with van der Waals surface area (Å²) in [5.41, 5.74) is 2.43. The number of rotatable bonds is 6. The molecule has 0 spiro atoms. The number of hydrogen-bond donors (Lipinski definition) is 1. The lowest BCUT2D eigenvalue weighted by Crippen LogP contribution is -2.27. The van der Waals surface area contributed by atoms with Gasteiger partial charge < -0.3 is 14.5 Å². The maximum absolute atomic E-state index is 11.0. The molecule has 2 rings (SSSR count). The maximum atomic E-state index is 11.0. The number of oxime groups is 1. The SMILES string of the molecule is COC(=O)CCCCCc1noc2c1C(=NO)CC(C)(C)C2. The first-order chi connectivity index (χ1) is 10.5. The van der Waals surface area contributed by atoms with Gasteiger partial charge in [-0.2, -0.15) is 0 Å². The fourth-order valence-electron chi connectivity index (χ4n) is 2.95. The van der Waals surface area contributed by atoms with Gasteiger partial charge in [-0.25, -0.2) is 0 Å². The van der Waals surface area contributed by atoms with E-state index in [1.807, 2.05) is 0 Å². The summed E-state index contributed by atoms with van der Waals surface area (Å²) in [5.74, 6) is 0.643. The van der Waals surface area contributed by atoms with Gasteiger partial charge in [0, 0.05) is 12.8 Å². The molecule has 1 N–H and O–H groups in total. The average molecular weight is 308 g/mol. The Balaban J connectivity index is 1.94. The molecule has 1 aromatic rings. The lowest BCUT2D eigenvalue weighted by molar-refractivity contribution is -0.140. The molecular formula is C16H24N2O4. The van der Waals surface area contributed by atoms with Crippen molar-refractivity contribution in [3.05, 3.63) is 17.0 Å². The molecule has 0 unspecified atom stereocenters. The van der Waals surface area contributed by atoms with E-state index in [9.17, 15) is 10.0 Å². The van der Waals surface area contributed by atoms with Crippen molar-refractivity contribution in [1.29, 1.82) is 0 Å². The molecule has 1 heterocycles. The highest BCUT2D eigenvalue weighted by Gasteiger charge is 2.35. The van der Waals surface area contributed by atoms with Gasteiger partial charge in [0.2, 0.25) is 0 Å². The van der Waals surface area contributed by atoms with E-state index in [2.05, 4.69) is 28.9 Å². The predicted octanol–water partition coefficient (Wildman–Crippen LogP) is 3.10. The van der Waals surface area contributed by atoms with Crippen molar-refractivity contribution in [3.63, 3.8) is 0 Å². The van der Waals surface area contributed by atoms with Gasteiger partial charge in [0.05, 0.1) is 24.1 Å². The van der Waals surface area contributed by atoms with E-state index in [0.717, 1.165) is 49.1 Å². The minimum absolute atomic E-state index is 0.0197. The Hall–Kier alpha value is -1.85. The van der Waals surface area contributed by atoms with Crippen molar-refractivity contribution in [3.8, 4) is 0 Å². The van der Waals surface area contributed by atoms with Crippen LogP contribution in [0.25, 0.3) is 0 Å². The quantitative estimate of drug-likeness (QED) is 0.378. The summed E-state index contributed by atoms with van der Waals surface area (Å²) in [4.78, 5) is 11.0. The number of ether oxygens (including phenoxy) is 1. The number of methoxy groups -OCH3 is 1. The number of aromatic nitrogens is 1. The molecule has 0 radical (unpaired) electrons. The summed E-state index contributed by atoms with van der Waals surface area (Å²) in [6.45, 7) is 4.24. The Bertz CT molecular complexity index is 560. The molecule has 1 aliphatic carbocycles. The average Bonchev–Trinajstić information content (AvgIpc) is 2.87. The highest BCUT2D eigenvalue weighted by Crippen LogP contribution is 2.36. The van der Waals surface area contributed by atoms with E-state index in [4.69, 9.17) is 4.52 Å². The second-order valence-corrected chi connectivity index (χ2v) is 6.63. The first-order valence-electron chi connectivity index (χ1n) is 7.72. The van der Waals surface area contributed by atoms with Crippen molar-refractivity contribution < 1.29 is 19.3 Å². The molecule has 0 bridgehead atoms. The molecule has 0 amide bonds. The largest absolute Gasteiger partial charge is 0.469 e. The van der Waals surface area contributed by atoms with Gasteiger partial charge in [0.25, 0.3) is 0 Å². The van der Waals surface area contributed by atoms with Crippen LogP contribution < -0.4 is 0 Å². The van der Waals surface area contributed by atoms with Crippen molar-refractivity contribution in [2.24, 2.45) is 10.6 Å². The molecule has 6 nitrogen and oxygen atoms in total. The van der Waals surface area contributed by atoms with Crippen molar-refractivity contribution in [1.82, 2.24) is 5.16 Å². The van der Waals surface area contributed by atoms with Crippen molar-refractivity contribution in [2.45, 2.75) is 58.8 Å². The van der Waals surface area contributed by atoms with Crippen LogP contribution in [0.5, 0.6) is 0 Å². The van der Waals surface area contributed by atoms with E-state index in [1.54, 1.807) is 0 Å². The van der Waals surface area contributed by atoms with E-state index >= 15 is 0 Å². The van der Waals surface area contributed by atoms with Crippen LogP contribution in [0.1, 0.15) is 63.0 Å². The van der Waals surface area contributed by atoms with Crippen LogP contribution in [-0.4, -0.2) is 29.2 Å². The van der Waals surface area contributed by atoms with Gasteiger partial charge in [0.1, 0.15) is 5.76 Å². The fraction of sp³-hybridized carbons (Fsp3) is 0.688. The predicted molar refractivity (Wildman–Crippen MR) is 81.1 cm³/mol. The smallest absolute Gasteiger partial charge is 0.305 e. The van der Waals surface area contributed by atoms with Crippen LogP contribution in [-0.2, 0) is 22.4 Å². The number of fused-ring (bicyclic) bond motifs is 1. The minimum Gasteiger partial charge on any atom is -0.469 e. The third kappa shape index (κ3) is 3.87. The number of aryl methyl sites for hydroxylation is 1. The normalized spacial score (nSPS) is 18.2. The zero-order chi connectivity index (χ0) is 16.2. The molecule has 0 aliphatic heterocycles. The Labute approximate surface area is 130 Å². The van der Waals surface area contributed by atoms with Crippen LogP contribution in [0.4, 0.5) is 0 Å². The molecule has 0 fully saturated rings. The molecular weight excluding hydrogens is 284 g/mol. The van der Waals surface area contributed by atoms with Crippen LogP contribution >= 0.6 is 0 Å². The number of unbranched alkanes of at least 4 members (excludes halogenated alkanes) is 2. The standard InChI is InChI=1S/C16H24N2O4/c1-16(2)9-12(17-20)15-11(18-22-13(15)10-16)7-5-4-6-8-14(19)21-3/h20H,4-10H2,1-3H3. The number of hydrogen-bond acceptors (Lipinski definition) is 6. The summed E-state index contributed by atoms with van der Waals surface area (Å²) in [6, 6.07) is 0. The number of carbonyl (C=O) groups is 1. The van der Waals surface area contributed by atoms with Gasteiger partial charge >= 0.3 is 5.97 Å². The second kappa shape index (κ2) is 6.94. The lowest BCUT2D eigenvalue weighted by atomic mass is 9.75. The highest BCUT2D eigenvalue weighted by atomic mass is 16.5. The molecule has 0 atom stereocenters. The summed E-state index contributed by atoms with van der Waals surface area (Å²) in [6.07, 6.45) is 5.38. The van der Waals surface area contributed by atoms with Crippen LogP contribution in [0, 0.1) is 5.41 Å². The monoisotopic (exact) mass is 308 g/mol. The van der Waals surface area contributed by atoms with Gasteiger partial charge in [-0.05, 0) is 31.1 Å². The first-order valence-corrected chi connectivity index (χ1v) is 7.72. The Morgan fingerprint density at radius 2 is 2.14 bits per heavy atom. The van der Waals surface area contributed by atoms with Crippen molar-refractivity contribution in [2.75, 3.05) is 7.11 Å².